The summed E-state index contributed by atoms with van der Waals surface area (Å²) in [5, 5.41) is 1.43. The van der Waals surface area contributed by atoms with Crippen LogP contribution in [0.2, 0.25) is 0 Å². The molecule has 2 aromatic rings. The lowest BCUT2D eigenvalue weighted by molar-refractivity contribution is 0.776. The molecule has 0 bridgehead atoms. The van der Waals surface area contributed by atoms with Crippen LogP contribution < -0.4 is 0 Å². The van der Waals surface area contributed by atoms with E-state index in [0.717, 1.165) is 0 Å². The summed E-state index contributed by atoms with van der Waals surface area (Å²) < 4.78 is 1.45. The second kappa shape index (κ2) is 7.27. The first-order valence-corrected chi connectivity index (χ1v) is 9.84. The molecule has 0 saturated heterocycles. The van der Waals surface area contributed by atoms with Crippen molar-refractivity contribution in [2.75, 3.05) is 0 Å². The number of thiophene rings is 1. The first-order valence-electron chi connectivity index (χ1n) is 9.03. The highest BCUT2D eigenvalue weighted by Crippen LogP contribution is 2.40. The van der Waals surface area contributed by atoms with Gasteiger partial charge in [-0.25, -0.2) is 0 Å². The van der Waals surface area contributed by atoms with Crippen molar-refractivity contribution in [3.05, 3.63) is 44.3 Å². The van der Waals surface area contributed by atoms with E-state index < -0.39 is 0 Å². The third kappa shape index (κ3) is 3.67. The quantitative estimate of drug-likeness (QED) is 0.527. The summed E-state index contributed by atoms with van der Waals surface area (Å²) in [6.45, 7) is 20.3. The Balaban J connectivity index is 2.90. The van der Waals surface area contributed by atoms with Crippen LogP contribution in [0.15, 0.2) is 17.2 Å². The van der Waals surface area contributed by atoms with Crippen molar-refractivity contribution in [2.45, 2.75) is 68.2 Å². The van der Waals surface area contributed by atoms with Gasteiger partial charge in [-0.15, -0.1) is 11.3 Å². The van der Waals surface area contributed by atoms with Gasteiger partial charge in [-0.1, -0.05) is 51.0 Å². The smallest absolute Gasteiger partial charge is 0.0423 e. The lowest BCUT2D eigenvalue weighted by atomic mass is 9.90. The molecule has 24 heavy (non-hydrogen) atoms. The SMILES string of the molecule is CC(C)=Cc1c(C)c(/C=C(\C)C(C)C)c(C)c2cc(C(C)C)sc12. The fraction of sp³-hybridized carbons (Fsp3) is 0.478. The highest BCUT2D eigenvalue weighted by molar-refractivity contribution is 7.19. The number of allylic oxidation sites excluding steroid dienone is 2. The minimum absolute atomic E-state index is 0.582. The molecule has 1 aromatic heterocycles. The summed E-state index contributed by atoms with van der Waals surface area (Å²) in [5.74, 6) is 1.16. The Labute approximate surface area is 152 Å². The minimum atomic E-state index is 0.582. The van der Waals surface area contributed by atoms with E-state index in [1.807, 2.05) is 11.3 Å². The second-order valence-electron chi connectivity index (χ2n) is 7.89. The van der Waals surface area contributed by atoms with Crippen molar-refractivity contribution in [2.24, 2.45) is 5.92 Å². The fourth-order valence-corrected chi connectivity index (χ4v) is 4.28. The van der Waals surface area contributed by atoms with Crippen LogP contribution in [0.3, 0.4) is 0 Å². The molecular formula is C23H32S. The maximum atomic E-state index is 2.42. The average Bonchev–Trinajstić information content (AvgIpc) is 2.92. The molecule has 0 fully saturated rings. The standard InChI is InChI=1S/C23H32S/c1-13(2)10-20-17(8)19(11-16(7)14(3)4)18(9)21-12-22(15(5)6)24-23(20)21/h10-12,14-15H,1-9H3/b16-11+. The molecule has 0 aliphatic rings. The lowest BCUT2D eigenvalue weighted by Crippen LogP contribution is -1.95. The van der Waals surface area contributed by atoms with Gasteiger partial charge in [0.1, 0.15) is 0 Å². The molecule has 0 amide bonds. The van der Waals surface area contributed by atoms with E-state index in [0.29, 0.717) is 11.8 Å². The number of hydrogen-bond acceptors (Lipinski definition) is 1. The highest BCUT2D eigenvalue weighted by Gasteiger charge is 2.16. The fourth-order valence-electron chi connectivity index (χ4n) is 2.99. The van der Waals surface area contributed by atoms with E-state index in [2.05, 4.69) is 80.5 Å². The highest BCUT2D eigenvalue weighted by atomic mass is 32.1. The molecule has 0 N–H and O–H groups in total. The van der Waals surface area contributed by atoms with E-state index in [1.165, 1.54) is 48.4 Å². The third-order valence-electron chi connectivity index (χ3n) is 4.90. The van der Waals surface area contributed by atoms with Gasteiger partial charge in [-0.3, -0.25) is 0 Å². The molecule has 0 saturated carbocycles. The van der Waals surface area contributed by atoms with E-state index in [9.17, 15) is 0 Å². The zero-order chi connectivity index (χ0) is 18.2. The number of benzene rings is 1. The monoisotopic (exact) mass is 340 g/mol. The van der Waals surface area contributed by atoms with Crippen LogP contribution in [0.25, 0.3) is 22.2 Å². The molecule has 1 heterocycles. The van der Waals surface area contributed by atoms with Gasteiger partial charge in [-0.2, -0.15) is 0 Å². The van der Waals surface area contributed by atoms with Gasteiger partial charge >= 0.3 is 0 Å². The largest absolute Gasteiger partial charge is 0.139 e. The van der Waals surface area contributed by atoms with E-state index in [1.54, 1.807) is 0 Å². The van der Waals surface area contributed by atoms with Gasteiger partial charge in [0.05, 0.1) is 0 Å². The molecule has 0 radical (unpaired) electrons. The Bertz CT molecular complexity index is 806. The first kappa shape index (κ1) is 19.0. The Morgan fingerprint density at radius 2 is 1.54 bits per heavy atom. The Morgan fingerprint density at radius 1 is 0.917 bits per heavy atom. The van der Waals surface area contributed by atoms with E-state index in [-0.39, 0.29) is 0 Å². The van der Waals surface area contributed by atoms with Crippen molar-refractivity contribution in [3.8, 4) is 0 Å². The summed E-state index contributed by atoms with van der Waals surface area (Å²) in [6, 6.07) is 2.42. The zero-order valence-electron chi connectivity index (χ0n) is 16.8. The van der Waals surface area contributed by atoms with Crippen molar-refractivity contribution >= 4 is 33.6 Å². The van der Waals surface area contributed by atoms with Gasteiger partial charge in [0.15, 0.2) is 0 Å². The molecule has 0 spiro atoms. The number of rotatable bonds is 4. The van der Waals surface area contributed by atoms with Crippen molar-refractivity contribution in [1.82, 2.24) is 0 Å². The second-order valence-corrected chi connectivity index (χ2v) is 8.97. The van der Waals surface area contributed by atoms with Crippen molar-refractivity contribution in [1.29, 1.82) is 0 Å². The van der Waals surface area contributed by atoms with E-state index >= 15 is 0 Å². The van der Waals surface area contributed by atoms with Crippen LogP contribution in [0.5, 0.6) is 0 Å². The minimum Gasteiger partial charge on any atom is -0.139 e. The summed E-state index contributed by atoms with van der Waals surface area (Å²) in [6.07, 6.45) is 4.77. The molecule has 0 atom stereocenters. The van der Waals surface area contributed by atoms with Gasteiger partial charge in [0, 0.05) is 9.58 Å². The molecule has 0 unspecified atom stereocenters. The Hall–Kier alpha value is -1.34. The molecule has 2 rings (SSSR count). The molecule has 1 aromatic carbocycles. The van der Waals surface area contributed by atoms with Gasteiger partial charge in [0.25, 0.3) is 0 Å². The van der Waals surface area contributed by atoms with Crippen LogP contribution in [0, 0.1) is 19.8 Å². The van der Waals surface area contributed by atoms with Gasteiger partial charge < -0.3 is 0 Å². The van der Waals surface area contributed by atoms with Crippen LogP contribution >= 0.6 is 11.3 Å². The summed E-state index contributed by atoms with van der Waals surface area (Å²) in [5.41, 5.74) is 8.47. The first-order chi connectivity index (χ1) is 11.1. The van der Waals surface area contributed by atoms with Crippen molar-refractivity contribution < 1.29 is 0 Å². The normalized spacial score (nSPS) is 12.5. The Morgan fingerprint density at radius 3 is 2.04 bits per heavy atom. The average molecular weight is 341 g/mol. The molecule has 0 nitrogen and oxygen atoms in total. The lowest BCUT2D eigenvalue weighted by Gasteiger charge is -2.15. The topological polar surface area (TPSA) is 0 Å². The Kier molecular flexibility index (Phi) is 5.75. The van der Waals surface area contributed by atoms with E-state index in [4.69, 9.17) is 0 Å². The summed E-state index contributed by atoms with van der Waals surface area (Å²) in [7, 11) is 0. The van der Waals surface area contributed by atoms with Crippen molar-refractivity contribution in [3.63, 3.8) is 0 Å². The third-order valence-corrected chi connectivity index (χ3v) is 6.37. The molecule has 1 heteroatoms. The molecule has 0 aliphatic carbocycles. The predicted octanol–water partition coefficient (Wildman–Crippen LogP) is 8.12. The van der Waals surface area contributed by atoms with Crippen LogP contribution in [0.4, 0.5) is 0 Å². The number of fused-ring (bicyclic) bond motifs is 1. The molecule has 130 valence electrons. The summed E-state index contributed by atoms with van der Waals surface area (Å²) in [4.78, 5) is 1.48. The predicted molar refractivity (Wildman–Crippen MR) is 113 cm³/mol. The van der Waals surface area contributed by atoms with Crippen LogP contribution in [-0.2, 0) is 0 Å². The molecular weight excluding hydrogens is 308 g/mol. The van der Waals surface area contributed by atoms with Crippen LogP contribution in [-0.4, -0.2) is 0 Å². The maximum absolute atomic E-state index is 2.42. The zero-order valence-corrected chi connectivity index (χ0v) is 17.6. The summed E-state index contributed by atoms with van der Waals surface area (Å²) >= 11 is 1.97. The van der Waals surface area contributed by atoms with Crippen LogP contribution in [0.1, 0.15) is 81.5 Å². The number of aryl methyl sites for hydroxylation is 1. The molecule has 0 aliphatic heterocycles. The maximum Gasteiger partial charge on any atom is 0.0423 e. The van der Waals surface area contributed by atoms with Gasteiger partial charge in [-0.05, 0) is 80.2 Å². The van der Waals surface area contributed by atoms with Gasteiger partial charge in [0.2, 0.25) is 0 Å². The number of hydrogen-bond donors (Lipinski definition) is 0.